The van der Waals surface area contributed by atoms with Crippen LogP contribution in [0, 0.1) is 0 Å². The molecule has 5 nitrogen and oxygen atoms in total. The number of nitrogens with one attached hydrogen (secondary N) is 2. The molecule has 0 saturated heterocycles. The van der Waals surface area contributed by atoms with Crippen molar-refractivity contribution in [2.24, 2.45) is 0 Å². The molecule has 1 aliphatic heterocycles. The number of amides is 2. The number of carbonyl (C=O) groups is 2. The van der Waals surface area contributed by atoms with Crippen molar-refractivity contribution in [3.8, 4) is 0 Å². The zero-order valence-corrected chi connectivity index (χ0v) is 17.7. The zero-order chi connectivity index (χ0) is 21.1. The van der Waals surface area contributed by atoms with Crippen molar-refractivity contribution in [2.75, 3.05) is 22.1 Å². The molecule has 0 unspecified atom stereocenters. The van der Waals surface area contributed by atoms with Gasteiger partial charge in [-0.1, -0.05) is 54.2 Å². The molecule has 4 rings (SSSR count). The van der Waals surface area contributed by atoms with Crippen LogP contribution in [-0.2, 0) is 9.59 Å². The number of hydrogen-bond acceptors (Lipinski definition) is 4. The van der Waals surface area contributed by atoms with Gasteiger partial charge in [-0.25, -0.2) is 0 Å². The highest BCUT2D eigenvalue weighted by Crippen LogP contribution is 2.36. The standard InChI is InChI=1S/C24H23N3O2S/c1-24(2)23(29)27(20-14-8-6-12-18(20)26-24)16-22(28)25-19-13-7-9-15-21(19)30-17-10-4-3-5-11-17/h3-15,26H,16H2,1-2H3,(H,25,28). The lowest BCUT2D eigenvalue weighted by Gasteiger charge is -2.39. The maximum Gasteiger partial charge on any atom is 0.252 e. The Kier molecular flexibility index (Phi) is 5.50. The molecular formula is C24H23N3O2S. The number of carbonyl (C=O) groups excluding carboxylic acids is 2. The third kappa shape index (κ3) is 4.19. The van der Waals surface area contributed by atoms with E-state index in [0.29, 0.717) is 5.69 Å². The van der Waals surface area contributed by atoms with Crippen molar-refractivity contribution in [3.63, 3.8) is 0 Å². The molecule has 2 amide bonds. The normalized spacial score (nSPS) is 14.6. The van der Waals surface area contributed by atoms with Gasteiger partial charge in [0.1, 0.15) is 12.1 Å². The van der Waals surface area contributed by atoms with E-state index in [1.807, 2.05) is 92.7 Å². The van der Waals surface area contributed by atoms with Crippen LogP contribution in [0.3, 0.4) is 0 Å². The summed E-state index contributed by atoms with van der Waals surface area (Å²) in [5.74, 6) is -0.375. The fourth-order valence-corrected chi connectivity index (χ4v) is 4.34. The topological polar surface area (TPSA) is 61.4 Å². The van der Waals surface area contributed by atoms with Crippen molar-refractivity contribution in [1.29, 1.82) is 0 Å². The first-order chi connectivity index (χ1) is 14.4. The quantitative estimate of drug-likeness (QED) is 0.612. The van der Waals surface area contributed by atoms with Crippen molar-refractivity contribution < 1.29 is 9.59 Å². The lowest BCUT2D eigenvalue weighted by Crippen LogP contribution is -2.55. The molecule has 1 aliphatic rings. The van der Waals surface area contributed by atoms with Crippen LogP contribution >= 0.6 is 11.8 Å². The summed E-state index contributed by atoms with van der Waals surface area (Å²) in [6, 6.07) is 25.2. The van der Waals surface area contributed by atoms with E-state index >= 15 is 0 Å². The van der Waals surface area contributed by atoms with Gasteiger partial charge in [0, 0.05) is 9.79 Å². The van der Waals surface area contributed by atoms with E-state index in [1.165, 1.54) is 0 Å². The lowest BCUT2D eigenvalue weighted by molar-refractivity contribution is -0.124. The fraction of sp³-hybridized carbons (Fsp3) is 0.167. The Morgan fingerprint density at radius 3 is 2.43 bits per heavy atom. The van der Waals surface area contributed by atoms with Crippen LogP contribution < -0.4 is 15.5 Å². The summed E-state index contributed by atoms with van der Waals surface area (Å²) in [4.78, 5) is 29.5. The first kappa shape index (κ1) is 20.0. The Morgan fingerprint density at radius 1 is 0.967 bits per heavy atom. The molecule has 0 aliphatic carbocycles. The molecule has 1 heterocycles. The molecule has 0 bridgehead atoms. The van der Waals surface area contributed by atoms with Gasteiger partial charge < -0.3 is 10.6 Å². The molecule has 0 saturated carbocycles. The Hall–Kier alpha value is -3.25. The number of anilines is 3. The van der Waals surface area contributed by atoms with Crippen LogP contribution in [0.2, 0.25) is 0 Å². The summed E-state index contributed by atoms with van der Waals surface area (Å²) in [6.07, 6.45) is 0. The van der Waals surface area contributed by atoms with Gasteiger partial charge in [0.2, 0.25) is 5.91 Å². The first-order valence-electron chi connectivity index (χ1n) is 9.75. The van der Waals surface area contributed by atoms with Crippen molar-refractivity contribution >= 4 is 40.6 Å². The Balaban J connectivity index is 1.54. The average Bonchev–Trinajstić information content (AvgIpc) is 2.73. The number of hydrogen-bond donors (Lipinski definition) is 2. The van der Waals surface area contributed by atoms with Gasteiger partial charge in [0.15, 0.2) is 0 Å². The fourth-order valence-electron chi connectivity index (χ4n) is 3.42. The minimum atomic E-state index is -0.782. The molecule has 3 aromatic rings. The minimum Gasteiger partial charge on any atom is -0.370 e. The summed E-state index contributed by atoms with van der Waals surface area (Å²) < 4.78 is 0. The summed E-state index contributed by atoms with van der Waals surface area (Å²) >= 11 is 1.59. The minimum absolute atomic E-state index is 0.0503. The van der Waals surface area contributed by atoms with Gasteiger partial charge in [-0.15, -0.1) is 0 Å². The number of para-hydroxylation sites is 3. The maximum absolute atomic E-state index is 13.0. The molecule has 0 aromatic heterocycles. The molecule has 0 radical (unpaired) electrons. The molecule has 3 aromatic carbocycles. The SMILES string of the molecule is CC1(C)Nc2ccccc2N(CC(=O)Nc2ccccc2Sc2ccccc2)C1=O. The van der Waals surface area contributed by atoms with Crippen molar-refractivity contribution in [2.45, 2.75) is 29.2 Å². The maximum atomic E-state index is 13.0. The largest absolute Gasteiger partial charge is 0.370 e. The number of rotatable bonds is 5. The van der Waals surface area contributed by atoms with E-state index in [2.05, 4.69) is 10.6 Å². The van der Waals surface area contributed by atoms with E-state index in [0.717, 1.165) is 21.2 Å². The number of nitrogens with zero attached hydrogens (tertiary/aromatic N) is 1. The molecule has 0 fully saturated rings. The van der Waals surface area contributed by atoms with Crippen molar-refractivity contribution in [3.05, 3.63) is 78.9 Å². The van der Waals surface area contributed by atoms with Gasteiger partial charge in [-0.3, -0.25) is 14.5 Å². The molecule has 0 atom stereocenters. The van der Waals surface area contributed by atoms with E-state index in [1.54, 1.807) is 16.7 Å². The highest BCUT2D eigenvalue weighted by atomic mass is 32.2. The smallest absolute Gasteiger partial charge is 0.252 e. The highest BCUT2D eigenvalue weighted by Gasteiger charge is 2.39. The van der Waals surface area contributed by atoms with Gasteiger partial charge in [-0.2, -0.15) is 0 Å². The lowest BCUT2D eigenvalue weighted by atomic mass is 9.98. The van der Waals surface area contributed by atoms with Gasteiger partial charge in [0.25, 0.3) is 5.91 Å². The first-order valence-corrected chi connectivity index (χ1v) is 10.6. The van der Waals surface area contributed by atoms with Gasteiger partial charge in [-0.05, 0) is 50.2 Å². The molecule has 2 N–H and O–H groups in total. The third-order valence-electron chi connectivity index (χ3n) is 4.86. The van der Waals surface area contributed by atoms with Crippen LogP contribution in [0.4, 0.5) is 17.1 Å². The summed E-state index contributed by atoms with van der Waals surface area (Å²) in [7, 11) is 0. The van der Waals surface area contributed by atoms with Crippen molar-refractivity contribution in [1.82, 2.24) is 0 Å². The molecule has 152 valence electrons. The van der Waals surface area contributed by atoms with Crippen LogP contribution in [0.25, 0.3) is 0 Å². The Labute approximate surface area is 180 Å². The molecule has 6 heteroatoms. The van der Waals surface area contributed by atoms with Gasteiger partial charge in [0.05, 0.1) is 17.1 Å². The summed E-state index contributed by atoms with van der Waals surface area (Å²) in [5.41, 5.74) is 1.50. The average molecular weight is 418 g/mol. The van der Waals surface area contributed by atoms with Crippen LogP contribution in [0.5, 0.6) is 0 Å². The van der Waals surface area contributed by atoms with Crippen LogP contribution in [0.1, 0.15) is 13.8 Å². The Morgan fingerprint density at radius 2 is 1.63 bits per heavy atom. The van der Waals surface area contributed by atoms with Crippen LogP contribution in [-0.4, -0.2) is 23.9 Å². The van der Waals surface area contributed by atoms with E-state index in [-0.39, 0.29) is 18.4 Å². The third-order valence-corrected chi connectivity index (χ3v) is 5.94. The number of fused-ring (bicyclic) bond motifs is 1. The predicted octanol–water partition coefficient (Wildman–Crippen LogP) is 5.01. The number of benzene rings is 3. The monoisotopic (exact) mass is 417 g/mol. The summed E-state index contributed by atoms with van der Waals surface area (Å²) in [5, 5.41) is 6.23. The highest BCUT2D eigenvalue weighted by molar-refractivity contribution is 7.99. The Bertz CT molecular complexity index is 1080. The molecule has 30 heavy (non-hydrogen) atoms. The van der Waals surface area contributed by atoms with Gasteiger partial charge >= 0.3 is 0 Å². The van der Waals surface area contributed by atoms with E-state index in [4.69, 9.17) is 0 Å². The summed E-state index contributed by atoms with van der Waals surface area (Å²) in [6.45, 7) is 3.59. The van der Waals surface area contributed by atoms with Crippen LogP contribution in [0.15, 0.2) is 88.7 Å². The second-order valence-electron chi connectivity index (χ2n) is 7.62. The second kappa shape index (κ2) is 8.24. The molecule has 0 spiro atoms. The zero-order valence-electron chi connectivity index (χ0n) is 16.9. The predicted molar refractivity (Wildman–Crippen MR) is 122 cm³/mol. The molecular weight excluding hydrogens is 394 g/mol. The second-order valence-corrected chi connectivity index (χ2v) is 8.73. The van der Waals surface area contributed by atoms with E-state index < -0.39 is 5.54 Å². The van der Waals surface area contributed by atoms with E-state index in [9.17, 15) is 9.59 Å².